The van der Waals surface area contributed by atoms with E-state index < -0.39 is 0 Å². The van der Waals surface area contributed by atoms with Gasteiger partial charge in [0.1, 0.15) is 5.75 Å². The van der Waals surface area contributed by atoms with Crippen molar-refractivity contribution in [2.24, 2.45) is 4.99 Å². The lowest BCUT2D eigenvalue weighted by atomic mass is 10.1. The molecule has 0 unspecified atom stereocenters. The van der Waals surface area contributed by atoms with Crippen molar-refractivity contribution in [2.75, 3.05) is 27.2 Å². The van der Waals surface area contributed by atoms with Crippen LogP contribution in [0.25, 0.3) is 0 Å². The van der Waals surface area contributed by atoms with Gasteiger partial charge in [0.05, 0.1) is 7.11 Å². The second-order valence-corrected chi connectivity index (χ2v) is 7.85. The van der Waals surface area contributed by atoms with Gasteiger partial charge in [-0.2, -0.15) is 0 Å². The van der Waals surface area contributed by atoms with Crippen LogP contribution in [-0.4, -0.2) is 44.0 Å². The van der Waals surface area contributed by atoms with Gasteiger partial charge in [-0.3, -0.25) is 9.79 Å². The number of methoxy groups -OCH3 is 1. The summed E-state index contributed by atoms with van der Waals surface area (Å²) in [5, 5.41) is 8.61. The molecule has 0 saturated heterocycles. The zero-order valence-electron chi connectivity index (χ0n) is 17.2. The van der Waals surface area contributed by atoms with Gasteiger partial charge in [0.2, 0.25) is 5.91 Å². The third-order valence-corrected chi connectivity index (χ3v) is 5.93. The van der Waals surface area contributed by atoms with E-state index in [1.807, 2.05) is 24.0 Å². The first kappa shape index (κ1) is 23.5. The molecule has 1 aromatic heterocycles. The number of carbonyl (C=O) groups excluding carboxylic acids is 1. The van der Waals surface area contributed by atoms with Gasteiger partial charge in [0.15, 0.2) is 5.96 Å². The summed E-state index contributed by atoms with van der Waals surface area (Å²) in [4.78, 5) is 20.1. The first-order chi connectivity index (χ1) is 13.6. The molecule has 2 N–H and O–H groups in total. The van der Waals surface area contributed by atoms with Crippen LogP contribution >= 0.6 is 35.3 Å². The van der Waals surface area contributed by atoms with Crippen LogP contribution < -0.4 is 15.4 Å². The molecule has 0 radical (unpaired) electrons. The number of fused-ring (bicyclic) bond motifs is 1. The Morgan fingerprint density at radius 2 is 2.14 bits per heavy atom. The molecule has 1 amide bonds. The molecule has 0 bridgehead atoms. The van der Waals surface area contributed by atoms with Gasteiger partial charge in [-0.15, -0.1) is 35.3 Å². The monoisotopic (exact) mass is 528 g/mol. The lowest BCUT2D eigenvalue weighted by Crippen LogP contribution is -2.40. The molecule has 3 rings (SSSR count). The fraction of sp³-hybridized carbons (Fsp3) is 0.429. The van der Waals surface area contributed by atoms with Crippen molar-refractivity contribution < 1.29 is 9.53 Å². The largest absolute Gasteiger partial charge is 0.496 e. The standard InChI is InChI=1S/C21H28N4O2S.HI/c1-15-4-5-16(18(12-15)27-3)13-24-21(22-2)23-9-6-20(26)25-10-7-19-17(14-25)8-11-28-19;/h4-5,8,11-12H,6-7,9-10,13-14H2,1-3H3,(H2,22,23,24);1H. The first-order valence-electron chi connectivity index (χ1n) is 9.51. The predicted octanol–water partition coefficient (Wildman–Crippen LogP) is 3.32. The maximum Gasteiger partial charge on any atom is 0.224 e. The molecule has 29 heavy (non-hydrogen) atoms. The molecule has 0 fully saturated rings. The fourth-order valence-electron chi connectivity index (χ4n) is 3.30. The molecule has 0 spiro atoms. The number of hydrogen-bond acceptors (Lipinski definition) is 4. The Kier molecular flexibility index (Phi) is 9.22. The highest BCUT2D eigenvalue weighted by Crippen LogP contribution is 2.24. The number of aryl methyl sites for hydroxylation is 1. The normalized spacial score (nSPS) is 13.3. The summed E-state index contributed by atoms with van der Waals surface area (Å²) < 4.78 is 5.44. The molecule has 6 nitrogen and oxygen atoms in total. The molecule has 2 aromatic rings. The van der Waals surface area contributed by atoms with Crippen molar-refractivity contribution in [1.82, 2.24) is 15.5 Å². The van der Waals surface area contributed by atoms with Crippen molar-refractivity contribution in [3.8, 4) is 5.75 Å². The van der Waals surface area contributed by atoms with Crippen LogP contribution in [0.1, 0.15) is 28.0 Å². The number of carbonyl (C=O) groups is 1. The van der Waals surface area contributed by atoms with Crippen molar-refractivity contribution in [2.45, 2.75) is 32.9 Å². The molecular weight excluding hydrogens is 499 g/mol. The molecule has 0 aliphatic carbocycles. The number of ether oxygens (including phenoxy) is 1. The second kappa shape index (κ2) is 11.4. The van der Waals surface area contributed by atoms with Crippen LogP contribution in [0.15, 0.2) is 34.6 Å². The predicted molar refractivity (Wildman–Crippen MR) is 129 cm³/mol. The lowest BCUT2D eigenvalue weighted by Gasteiger charge is -2.27. The second-order valence-electron chi connectivity index (χ2n) is 6.85. The zero-order chi connectivity index (χ0) is 19.9. The lowest BCUT2D eigenvalue weighted by molar-refractivity contribution is -0.131. The average molecular weight is 528 g/mol. The number of benzene rings is 1. The summed E-state index contributed by atoms with van der Waals surface area (Å²) in [6.45, 7) is 4.74. The third-order valence-electron chi connectivity index (χ3n) is 4.90. The maximum absolute atomic E-state index is 12.5. The molecule has 1 aromatic carbocycles. The number of hydrogen-bond donors (Lipinski definition) is 2. The minimum absolute atomic E-state index is 0. The number of nitrogens with zero attached hydrogens (tertiary/aromatic N) is 2. The van der Waals surface area contributed by atoms with E-state index in [0.29, 0.717) is 25.5 Å². The smallest absolute Gasteiger partial charge is 0.224 e. The number of thiophene rings is 1. The van der Waals surface area contributed by atoms with Gasteiger partial charge in [0.25, 0.3) is 0 Å². The highest BCUT2D eigenvalue weighted by molar-refractivity contribution is 14.0. The molecule has 8 heteroatoms. The molecule has 1 aliphatic heterocycles. The molecule has 2 heterocycles. The summed E-state index contributed by atoms with van der Waals surface area (Å²) >= 11 is 1.79. The van der Waals surface area contributed by atoms with E-state index in [1.54, 1.807) is 25.5 Å². The van der Waals surface area contributed by atoms with E-state index in [0.717, 1.165) is 36.4 Å². The summed E-state index contributed by atoms with van der Waals surface area (Å²) in [6, 6.07) is 8.26. The SMILES string of the molecule is CN=C(NCCC(=O)N1CCc2sccc2C1)NCc1ccc(C)cc1OC.I. The first-order valence-corrected chi connectivity index (χ1v) is 10.4. The Labute approximate surface area is 193 Å². The number of amides is 1. The number of aliphatic imine (C=N–C) groups is 1. The van der Waals surface area contributed by atoms with Crippen LogP contribution in [0.3, 0.4) is 0 Å². The summed E-state index contributed by atoms with van der Waals surface area (Å²) in [6.07, 6.45) is 1.42. The number of halogens is 1. The van der Waals surface area contributed by atoms with E-state index >= 15 is 0 Å². The third kappa shape index (κ3) is 6.33. The van der Waals surface area contributed by atoms with Crippen molar-refractivity contribution in [1.29, 1.82) is 0 Å². The van der Waals surface area contributed by atoms with Crippen LogP contribution in [0.2, 0.25) is 0 Å². The molecule has 158 valence electrons. The van der Waals surface area contributed by atoms with Crippen LogP contribution in [0.4, 0.5) is 0 Å². The van der Waals surface area contributed by atoms with Crippen LogP contribution in [0, 0.1) is 6.92 Å². The van der Waals surface area contributed by atoms with Gasteiger partial charge >= 0.3 is 0 Å². The van der Waals surface area contributed by atoms with Crippen molar-refractivity contribution >= 4 is 47.2 Å². The molecule has 1 aliphatic rings. The highest BCUT2D eigenvalue weighted by atomic mass is 127. The minimum atomic E-state index is 0. The quantitative estimate of drug-likeness (QED) is 0.343. The zero-order valence-corrected chi connectivity index (χ0v) is 20.3. The minimum Gasteiger partial charge on any atom is -0.496 e. The van der Waals surface area contributed by atoms with Crippen molar-refractivity contribution in [3.63, 3.8) is 0 Å². The van der Waals surface area contributed by atoms with Gasteiger partial charge in [-0.25, -0.2) is 0 Å². The molecule has 0 atom stereocenters. The number of guanidine groups is 1. The number of rotatable bonds is 6. The fourth-order valence-corrected chi connectivity index (χ4v) is 4.19. The summed E-state index contributed by atoms with van der Waals surface area (Å²) in [7, 11) is 3.41. The van der Waals surface area contributed by atoms with Crippen LogP contribution in [-0.2, 0) is 24.3 Å². The Morgan fingerprint density at radius 1 is 1.31 bits per heavy atom. The van der Waals surface area contributed by atoms with Gasteiger partial charge in [0, 0.05) is 50.1 Å². The summed E-state index contributed by atoms with van der Waals surface area (Å²) in [5.41, 5.74) is 3.52. The average Bonchev–Trinajstić information content (AvgIpc) is 3.18. The Hall–Kier alpha value is -1.81. The summed E-state index contributed by atoms with van der Waals surface area (Å²) in [5.74, 6) is 1.71. The Balaban J connectivity index is 0.00000300. The van der Waals surface area contributed by atoms with Crippen LogP contribution in [0.5, 0.6) is 5.75 Å². The van der Waals surface area contributed by atoms with E-state index in [1.165, 1.54) is 10.4 Å². The van der Waals surface area contributed by atoms with E-state index in [9.17, 15) is 4.79 Å². The van der Waals surface area contributed by atoms with E-state index in [-0.39, 0.29) is 29.9 Å². The topological polar surface area (TPSA) is 66.0 Å². The molecular formula is C21H29IN4O2S. The maximum atomic E-state index is 12.5. The number of nitrogens with one attached hydrogen (secondary N) is 2. The highest BCUT2D eigenvalue weighted by Gasteiger charge is 2.21. The van der Waals surface area contributed by atoms with Crippen molar-refractivity contribution in [3.05, 3.63) is 51.2 Å². The molecule has 0 saturated carbocycles. The van der Waals surface area contributed by atoms with Gasteiger partial charge < -0.3 is 20.3 Å². The van der Waals surface area contributed by atoms with E-state index in [2.05, 4.69) is 33.1 Å². The van der Waals surface area contributed by atoms with E-state index in [4.69, 9.17) is 4.74 Å². The van der Waals surface area contributed by atoms with Gasteiger partial charge in [-0.1, -0.05) is 12.1 Å². The Morgan fingerprint density at radius 3 is 2.90 bits per heavy atom. The van der Waals surface area contributed by atoms with Gasteiger partial charge in [-0.05, 0) is 42.0 Å². The Bertz CT molecular complexity index is 853.